The number of hydrogen-bond donors (Lipinski definition) is 3. The molecular formula is C12H17N3O4S. The predicted molar refractivity (Wildman–Crippen MR) is 73.3 cm³/mol. The number of carbonyl (C=O) groups excluding carboxylic acids is 2. The molecule has 0 aliphatic heterocycles. The molecule has 0 aliphatic rings. The summed E-state index contributed by atoms with van der Waals surface area (Å²) < 4.78 is 0. The molecule has 3 N–H and O–H groups in total. The number of aliphatic carboxylic acids is 1. The van der Waals surface area contributed by atoms with Crippen LogP contribution in [0.25, 0.3) is 0 Å². The molecule has 1 aromatic rings. The van der Waals surface area contributed by atoms with Crippen LogP contribution in [0.15, 0.2) is 5.38 Å². The van der Waals surface area contributed by atoms with Crippen LogP contribution in [0.5, 0.6) is 0 Å². The fourth-order valence-electron chi connectivity index (χ4n) is 1.43. The van der Waals surface area contributed by atoms with Crippen molar-refractivity contribution >= 4 is 29.2 Å². The largest absolute Gasteiger partial charge is 0.481 e. The number of aryl methyl sites for hydroxylation is 1. The lowest BCUT2D eigenvalue weighted by atomic mass is 10.2. The zero-order valence-corrected chi connectivity index (χ0v) is 12.0. The maximum atomic E-state index is 11.4. The lowest BCUT2D eigenvalue weighted by Crippen LogP contribution is -2.38. The van der Waals surface area contributed by atoms with E-state index in [2.05, 4.69) is 15.6 Å². The van der Waals surface area contributed by atoms with E-state index in [0.717, 1.165) is 10.7 Å². The zero-order chi connectivity index (χ0) is 15.0. The molecule has 3 amide bonds. The average Bonchev–Trinajstić information content (AvgIpc) is 2.78. The molecule has 8 heteroatoms. The number of amides is 3. The van der Waals surface area contributed by atoms with Crippen molar-refractivity contribution < 1.29 is 19.5 Å². The molecule has 0 fully saturated rings. The molecule has 110 valence electrons. The molecule has 0 saturated heterocycles. The summed E-state index contributed by atoms with van der Waals surface area (Å²) in [5.41, 5.74) is 0.890. The van der Waals surface area contributed by atoms with Gasteiger partial charge in [0.05, 0.1) is 6.54 Å². The summed E-state index contributed by atoms with van der Waals surface area (Å²) >= 11 is 1.44. The SMILES string of the molecule is Cc1csc(CNC(=O)NC(=O)CCCCC(=O)O)n1. The average molecular weight is 299 g/mol. The van der Waals surface area contributed by atoms with Gasteiger partial charge in [0.1, 0.15) is 5.01 Å². The number of thiazole rings is 1. The number of hydrogen-bond acceptors (Lipinski definition) is 5. The Morgan fingerprint density at radius 3 is 2.60 bits per heavy atom. The minimum atomic E-state index is -0.887. The zero-order valence-electron chi connectivity index (χ0n) is 11.1. The van der Waals surface area contributed by atoms with Crippen molar-refractivity contribution in [1.29, 1.82) is 0 Å². The highest BCUT2D eigenvalue weighted by Gasteiger charge is 2.08. The van der Waals surface area contributed by atoms with E-state index >= 15 is 0 Å². The van der Waals surface area contributed by atoms with E-state index in [4.69, 9.17) is 5.11 Å². The van der Waals surface area contributed by atoms with Crippen molar-refractivity contribution in [3.63, 3.8) is 0 Å². The summed E-state index contributed by atoms with van der Waals surface area (Å²) in [4.78, 5) is 37.2. The quantitative estimate of drug-likeness (QED) is 0.660. The third kappa shape index (κ3) is 6.83. The van der Waals surface area contributed by atoms with E-state index < -0.39 is 17.9 Å². The Bertz CT molecular complexity index is 487. The number of urea groups is 1. The normalized spacial score (nSPS) is 10.1. The third-order valence-corrected chi connectivity index (χ3v) is 3.33. The maximum absolute atomic E-state index is 11.4. The Balaban J connectivity index is 2.14. The predicted octanol–water partition coefficient (Wildman–Crippen LogP) is 1.42. The smallest absolute Gasteiger partial charge is 0.321 e. The van der Waals surface area contributed by atoms with Gasteiger partial charge in [0, 0.05) is 23.9 Å². The van der Waals surface area contributed by atoms with Crippen molar-refractivity contribution in [1.82, 2.24) is 15.6 Å². The summed E-state index contributed by atoms with van der Waals surface area (Å²) in [6.45, 7) is 2.14. The van der Waals surface area contributed by atoms with Crippen LogP contribution in [0.2, 0.25) is 0 Å². The first kappa shape index (κ1) is 16.1. The Labute approximate surface area is 120 Å². The van der Waals surface area contributed by atoms with Crippen molar-refractivity contribution in [2.24, 2.45) is 0 Å². The van der Waals surface area contributed by atoms with Crippen LogP contribution in [-0.2, 0) is 16.1 Å². The summed E-state index contributed by atoms with van der Waals surface area (Å²) in [5.74, 6) is -1.30. The number of carbonyl (C=O) groups is 3. The molecule has 1 aromatic heterocycles. The number of unbranched alkanes of at least 4 members (excludes halogenated alkanes) is 1. The molecule has 0 aliphatic carbocycles. The monoisotopic (exact) mass is 299 g/mol. The highest BCUT2D eigenvalue weighted by atomic mass is 32.1. The number of rotatable bonds is 7. The van der Waals surface area contributed by atoms with Gasteiger partial charge in [0.15, 0.2) is 0 Å². The second-order valence-corrected chi connectivity index (χ2v) is 5.16. The molecule has 1 heterocycles. The van der Waals surface area contributed by atoms with Gasteiger partial charge in [-0.05, 0) is 19.8 Å². The molecule has 0 unspecified atom stereocenters. The minimum absolute atomic E-state index is 0.0306. The summed E-state index contributed by atoms with van der Waals surface area (Å²) in [6, 6.07) is -0.568. The molecule has 7 nitrogen and oxygen atoms in total. The van der Waals surface area contributed by atoms with Crippen molar-refractivity contribution in [3.8, 4) is 0 Å². The number of nitrogens with one attached hydrogen (secondary N) is 2. The van der Waals surface area contributed by atoms with E-state index in [9.17, 15) is 14.4 Å². The van der Waals surface area contributed by atoms with Crippen molar-refractivity contribution in [2.45, 2.75) is 39.2 Å². The van der Waals surface area contributed by atoms with Crippen LogP contribution in [0, 0.1) is 6.92 Å². The van der Waals surface area contributed by atoms with Crippen molar-refractivity contribution in [3.05, 3.63) is 16.1 Å². The second-order valence-electron chi connectivity index (χ2n) is 4.21. The number of carboxylic acid groups (broad SMARTS) is 1. The van der Waals surface area contributed by atoms with Gasteiger partial charge in [0.25, 0.3) is 0 Å². The Morgan fingerprint density at radius 2 is 2.00 bits per heavy atom. The fourth-order valence-corrected chi connectivity index (χ4v) is 2.15. The topological polar surface area (TPSA) is 108 Å². The second kappa shape index (κ2) is 8.26. The lowest BCUT2D eigenvalue weighted by Gasteiger charge is -2.05. The molecule has 0 radical (unpaired) electrons. The Hall–Kier alpha value is -1.96. The van der Waals surface area contributed by atoms with Gasteiger partial charge in [-0.2, -0.15) is 0 Å². The summed E-state index contributed by atoms with van der Waals surface area (Å²) in [5, 5.41) is 15.8. The van der Waals surface area contributed by atoms with Crippen LogP contribution in [0.1, 0.15) is 36.4 Å². The molecule has 0 saturated carbocycles. The highest BCUT2D eigenvalue weighted by Crippen LogP contribution is 2.07. The van der Waals surface area contributed by atoms with Crippen LogP contribution in [-0.4, -0.2) is 28.0 Å². The molecule has 0 spiro atoms. The first-order valence-electron chi connectivity index (χ1n) is 6.18. The molecule has 0 atom stereocenters. The van der Waals surface area contributed by atoms with Gasteiger partial charge in [-0.15, -0.1) is 11.3 Å². The third-order valence-electron chi connectivity index (χ3n) is 2.36. The van der Waals surface area contributed by atoms with Gasteiger partial charge in [-0.3, -0.25) is 14.9 Å². The summed E-state index contributed by atoms with van der Waals surface area (Å²) in [6.07, 6.45) is 1.03. The molecule has 0 aromatic carbocycles. The van der Waals surface area contributed by atoms with Gasteiger partial charge < -0.3 is 10.4 Å². The first-order valence-corrected chi connectivity index (χ1v) is 7.06. The minimum Gasteiger partial charge on any atom is -0.481 e. The van der Waals surface area contributed by atoms with Gasteiger partial charge in [-0.25, -0.2) is 9.78 Å². The van der Waals surface area contributed by atoms with E-state index in [0.29, 0.717) is 12.8 Å². The van der Waals surface area contributed by atoms with Crippen LogP contribution in [0.4, 0.5) is 4.79 Å². The Kier molecular flexibility index (Phi) is 6.65. The lowest BCUT2D eigenvalue weighted by molar-refractivity contribution is -0.137. The van der Waals surface area contributed by atoms with Gasteiger partial charge in [0.2, 0.25) is 5.91 Å². The summed E-state index contributed by atoms with van der Waals surface area (Å²) in [7, 11) is 0. The highest BCUT2D eigenvalue weighted by molar-refractivity contribution is 7.09. The standard InChI is InChI=1S/C12H17N3O4S/c1-8-7-20-10(14-8)6-13-12(19)15-9(16)4-2-3-5-11(17)18/h7H,2-6H2,1H3,(H,17,18)(H2,13,15,16,19). The molecular weight excluding hydrogens is 282 g/mol. The van der Waals surface area contributed by atoms with Crippen LogP contribution >= 0.6 is 11.3 Å². The molecule has 0 bridgehead atoms. The van der Waals surface area contributed by atoms with E-state index in [-0.39, 0.29) is 19.4 Å². The van der Waals surface area contributed by atoms with Gasteiger partial charge in [-0.1, -0.05) is 0 Å². The first-order chi connectivity index (χ1) is 9.47. The van der Waals surface area contributed by atoms with Crippen molar-refractivity contribution in [2.75, 3.05) is 0 Å². The van der Waals surface area contributed by atoms with Gasteiger partial charge >= 0.3 is 12.0 Å². The fraction of sp³-hybridized carbons (Fsp3) is 0.500. The maximum Gasteiger partial charge on any atom is 0.321 e. The van der Waals surface area contributed by atoms with Crippen LogP contribution < -0.4 is 10.6 Å². The van der Waals surface area contributed by atoms with E-state index in [1.165, 1.54) is 11.3 Å². The number of nitrogens with zero attached hydrogens (tertiary/aromatic N) is 1. The number of aromatic nitrogens is 1. The number of imide groups is 1. The van der Waals surface area contributed by atoms with E-state index in [1.54, 1.807) is 0 Å². The van der Waals surface area contributed by atoms with Crippen LogP contribution in [0.3, 0.4) is 0 Å². The molecule has 20 heavy (non-hydrogen) atoms. The number of carboxylic acids is 1. The molecule has 1 rings (SSSR count). The Morgan fingerprint density at radius 1 is 1.30 bits per heavy atom. The van der Waals surface area contributed by atoms with E-state index in [1.807, 2.05) is 12.3 Å².